The summed E-state index contributed by atoms with van der Waals surface area (Å²) in [5.74, 6) is 0.807. The molecular formula is C17H19BrO2. The molecule has 106 valence electrons. The number of methoxy groups -OCH3 is 1. The Bertz CT molecular complexity index is 564. The van der Waals surface area contributed by atoms with Gasteiger partial charge in [0, 0.05) is 0 Å². The molecular weight excluding hydrogens is 316 g/mol. The molecule has 1 unspecified atom stereocenters. The van der Waals surface area contributed by atoms with Crippen molar-refractivity contribution in [2.45, 2.75) is 25.9 Å². The van der Waals surface area contributed by atoms with Crippen LogP contribution < -0.4 is 4.74 Å². The van der Waals surface area contributed by atoms with Crippen LogP contribution in [0.1, 0.15) is 16.7 Å². The SMILES string of the molecule is COc1ccc(CC(O)Cc2ccc(C)cc2)cc1Br. The molecule has 0 aliphatic rings. The molecule has 20 heavy (non-hydrogen) atoms. The highest BCUT2D eigenvalue weighted by Crippen LogP contribution is 2.26. The molecule has 2 rings (SSSR count). The highest BCUT2D eigenvalue weighted by Gasteiger charge is 2.09. The lowest BCUT2D eigenvalue weighted by Crippen LogP contribution is -2.14. The Morgan fingerprint density at radius 2 is 1.65 bits per heavy atom. The fourth-order valence-corrected chi connectivity index (χ4v) is 2.77. The van der Waals surface area contributed by atoms with Gasteiger partial charge in [-0.2, -0.15) is 0 Å². The third-order valence-electron chi connectivity index (χ3n) is 3.28. The Balaban J connectivity index is 1.99. The topological polar surface area (TPSA) is 29.5 Å². The van der Waals surface area contributed by atoms with Gasteiger partial charge in [-0.1, -0.05) is 35.9 Å². The van der Waals surface area contributed by atoms with Gasteiger partial charge < -0.3 is 9.84 Å². The van der Waals surface area contributed by atoms with Crippen LogP contribution in [0.2, 0.25) is 0 Å². The molecule has 0 saturated heterocycles. The third-order valence-corrected chi connectivity index (χ3v) is 3.90. The number of aliphatic hydroxyl groups is 1. The monoisotopic (exact) mass is 334 g/mol. The number of aryl methyl sites for hydroxylation is 1. The molecule has 2 aromatic rings. The summed E-state index contributed by atoms with van der Waals surface area (Å²) < 4.78 is 6.12. The minimum atomic E-state index is -0.377. The van der Waals surface area contributed by atoms with Crippen molar-refractivity contribution >= 4 is 15.9 Å². The van der Waals surface area contributed by atoms with E-state index in [4.69, 9.17) is 4.74 Å². The Morgan fingerprint density at radius 1 is 1.05 bits per heavy atom. The average Bonchev–Trinajstić information content (AvgIpc) is 2.41. The first-order valence-electron chi connectivity index (χ1n) is 6.64. The van der Waals surface area contributed by atoms with Crippen molar-refractivity contribution in [2.75, 3.05) is 7.11 Å². The van der Waals surface area contributed by atoms with E-state index in [2.05, 4.69) is 47.1 Å². The second kappa shape index (κ2) is 6.91. The molecule has 0 aromatic heterocycles. The molecule has 1 atom stereocenters. The maximum Gasteiger partial charge on any atom is 0.133 e. The predicted molar refractivity (Wildman–Crippen MR) is 85.3 cm³/mol. The largest absolute Gasteiger partial charge is 0.496 e. The number of aliphatic hydroxyl groups excluding tert-OH is 1. The maximum absolute atomic E-state index is 10.2. The summed E-state index contributed by atoms with van der Waals surface area (Å²) in [5, 5.41) is 10.2. The maximum atomic E-state index is 10.2. The molecule has 0 amide bonds. The van der Waals surface area contributed by atoms with Crippen LogP contribution in [0.5, 0.6) is 5.75 Å². The van der Waals surface area contributed by atoms with E-state index in [-0.39, 0.29) is 6.10 Å². The molecule has 2 aromatic carbocycles. The molecule has 0 saturated carbocycles. The van der Waals surface area contributed by atoms with Crippen LogP contribution in [0.3, 0.4) is 0 Å². The zero-order valence-electron chi connectivity index (χ0n) is 11.8. The predicted octanol–water partition coefficient (Wildman–Crippen LogP) is 3.91. The minimum absolute atomic E-state index is 0.377. The Morgan fingerprint density at radius 3 is 2.25 bits per heavy atom. The molecule has 0 radical (unpaired) electrons. The Labute approximate surface area is 128 Å². The van der Waals surface area contributed by atoms with Crippen LogP contribution in [-0.4, -0.2) is 18.3 Å². The van der Waals surface area contributed by atoms with Crippen LogP contribution >= 0.6 is 15.9 Å². The summed E-state index contributed by atoms with van der Waals surface area (Å²) in [6, 6.07) is 14.2. The van der Waals surface area contributed by atoms with E-state index in [1.165, 1.54) is 5.56 Å². The zero-order valence-corrected chi connectivity index (χ0v) is 13.4. The zero-order chi connectivity index (χ0) is 14.5. The number of rotatable bonds is 5. The molecule has 0 fully saturated rings. The second-order valence-electron chi connectivity index (χ2n) is 5.02. The van der Waals surface area contributed by atoms with Gasteiger partial charge in [0.25, 0.3) is 0 Å². The van der Waals surface area contributed by atoms with Gasteiger partial charge >= 0.3 is 0 Å². The van der Waals surface area contributed by atoms with E-state index in [9.17, 15) is 5.11 Å². The summed E-state index contributed by atoms with van der Waals surface area (Å²) in [5.41, 5.74) is 3.50. The third kappa shape index (κ3) is 4.09. The van der Waals surface area contributed by atoms with Gasteiger partial charge in [0.05, 0.1) is 17.7 Å². The second-order valence-corrected chi connectivity index (χ2v) is 5.87. The van der Waals surface area contributed by atoms with Gasteiger partial charge in [-0.3, -0.25) is 0 Å². The highest BCUT2D eigenvalue weighted by molar-refractivity contribution is 9.10. The van der Waals surface area contributed by atoms with E-state index < -0.39 is 0 Å². The Hall–Kier alpha value is -1.32. The molecule has 0 aliphatic carbocycles. The number of ether oxygens (including phenoxy) is 1. The van der Waals surface area contributed by atoms with E-state index in [0.717, 1.165) is 21.3 Å². The molecule has 1 N–H and O–H groups in total. The summed E-state index contributed by atoms with van der Waals surface area (Å²) in [4.78, 5) is 0. The van der Waals surface area contributed by atoms with Crippen LogP contribution in [0.25, 0.3) is 0 Å². The highest BCUT2D eigenvalue weighted by atomic mass is 79.9. The summed E-state index contributed by atoms with van der Waals surface area (Å²) in [7, 11) is 1.64. The first kappa shape index (κ1) is 15.1. The lowest BCUT2D eigenvalue weighted by molar-refractivity contribution is 0.175. The molecule has 3 heteroatoms. The van der Waals surface area contributed by atoms with Gasteiger partial charge in [-0.15, -0.1) is 0 Å². The van der Waals surface area contributed by atoms with Gasteiger partial charge in [-0.05, 0) is 59.0 Å². The first-order chi connectivity index (χ1) is 9.58. The van der Waals surface area contributed by atoms with Crippen molar-refractivity contribution in [2.24, 2.45) is 0 Å². The quantitative estimate of drug-likeness (QED) is 0.898. The van der Waals surface area contributed by atoms with Crippen molar-refractivity contribution in [3.05, 3.63) is 63.6 Å². The standard InChI is InChI=1S/C17H19BrO2/c1-12-3-5-13(6-4-12)9-15(19)10-14-7-8-17(20-2)16(18)11-14/h3-8,11,15,19H,9-10H2,1-2H3. The van der Waals surface area contributed by atoms with Crippen LogP contribution in [-0.2, 0) is 12.8 Å². The van der Waals surface area contributed by atoms with E-state index in [1.807, 2.05) is 18.2 Å². The first-order valence-corrected chi connectivity index (χ1v) is 7.44. The average molecular weight is 335 g/mol. The molecule has 2 nitrogen and oxygen atoms in total. The smallest absolute Gasteiger partial charge is 0.133 e. The van der Waals surface area contributed by atoms with Gasteiger partial charge in [0.2, 0.25) is 0 Å². The fourth-order valence-electron chi connectivity index (χ4n) is 2.18. The number of hydrogen-bond acceptors (Lipinski definition) is 2. The van der Waals surface area contributed by atoms with Crippen LogP contribution in [0, 0.1) is 6.92 Å². The van der Waals surface area contributed by atoms with Gasteiger partial charge in [-0.25, -0.2) is 0 Å². The van der Waals surface area contributed by atoms with Crippen LogP contribution in [0.15, 0.2) is 46.9 Å². The molecule has 0 heterocycles. The number of halogens is 1. The van der Waals surface area contributed by atoms with Crippen molar-refractivity contribution < 1.29 is 9.84 Å². The summed E-state index contributed by atoms with van der Waals surface area (Å²) in [6.45, 7) is 2.06. The van der Waals surface area contributed by atoms with Crippen molar-refractivity contribution in [3.8, 4) is 5.75 Å². The van der Waals surface area contributed by atoms with Crippen molar-refractivity contribution in [1.82, 2.24) is 0 Å². The minimum Gasteiger partial charge on any atom is -0.496 e. The number of hydrogen-bond donors (Lipinski definition) is 1. The fraction of sp³-hybridized carbons (Fsp3) is 0.294. The molecule has 0 spiro atoms. The van der Waals surface area contributed by atoms with Gasteiger partial charge in [0.15, 0.2) is 0 Å². The Kier molecular flexibility index (Phi) is 5.21. The lowest BCUT2D eigenvalue weighted by atomic mass is 10.0. The van der Waals surface area contributed by atoms with Crippen LogP contribution in [0.4, 0.5) is 0 Å². The number of benzene rings is 2. The molecule has 0 bridgehead atoms. The summed E-state index contributed by atoms with van der Waals surface area (Å²) >= 11 is 3.47. The summed E-state index contributed by atoms with van der Waals surface area (Å²) in [6.07, 6.45) is 0.929. The van der Waals surface area contributed by atoms with Crippen molar-refractivity contribution in [1.29, 1.82) is 0 Å². The van der Waals surface area contributed by atoms with E-state index in [0.29, 0.717) is 12.8 Å². The lowest BCUT2D eigenvalue weighted by Gasteiger charge is -2.12. The molecule has 0 aliphatic heterocycles. The van der Waals surface area contributed by atoms with E-state index in [1.54, 1.807) is 7.11 Å². The normalized spacial score (nSPS) is 12.2. The van der Waals surface area contributed by atoms with Gasteiger partial charge in [0.1, 0.15) is 5.75 Å². The van der Waals surface area contributed by atoms with E-state index >= 15 is 0 Å². The van der Waals surface area contributed by atoms with Crippen molar-refractivity contribution in [3.63, 3.8) is 0 Å².